The van der Waals surface area contributed by atoms with Gasteiger partial charge in [0.2, 0.25) is 0 Å². The number of nitrogens with zero attached hydrogens (tertiary/aromatic N) is 2. The fraction of sp³-hybridized carbons (Fsp3) is 0.190. The molecule has 0 atom stereocenters. The molecule has 3 rings (SSSR count). The van der Waals surface area contributed by atoms with E-state index in [1.165, 1.54) is 0 Å². The first-order chi connectivity index (χ1) is 13.4. The molecule has 0 saturated heterocycles. The second-order valence-corrected chi connectivity index (χ2v) is 6.82. The van der Waals surface area contributed by atoms with Crippen molar-refractivity contribution in [1.82, 2.24) is 9.78 Å². The molecule has 1 aromatic heterocycles. The van der Waals surface area contributed by atoms with E-state index in [9.17, 15) is 9.59 Å². The lowest BCUT2D eigenvalue weighted by Crippen LogP contribution is -2.23. The first-order valence-corrected chi connectivity index (χ1v) is 9.11. The number of nitrogens with one attached hydrogen (secondary N) is 1. The number of aromatic nitrogens is 2. The maximum Gasteiger partial charge on any atom is 0.338 e. The van der Waals surface area contributed by atoms with Crippen molar-refractivity contribution < 1.29 is 14.3 Å². The van der Waals surface area contributed by atoms with Gasteiger partial charge >= 0.3 is 5.97 Å². The topological polar surface area (TPSA) is 73.2 Å². The summed E-state index contributed by atoms with van der Waals surface area (Å²) in [5.74, 6) is -0.483. The van der Waals surface area contributed by atoms with E-state index in [0.717, 1.165) is 16.7 Å². The molecule has 0 aliphatic rings. The number of carbonyl (C=O) groups excluding carboxylic acids is 2. The van der Waals surface area contributed by atoms with Crippen LogP contribution in [0.3, 0.4) is 0 Å². The summed E-state index contributed by atoms with van der Waals surface area (Å²) < 4.78 is 6.75. The number of rotatable bonds is 6. The molecule has 28 heavy (non-hydrogen) atoms. The number of hydrogen-bond acceptors (Lipinski definition) is 4. The normalized spacial score (nSPS) is 10.5. The Morgan fingerprint density at radius 1 is 1.14 bits per heavy atom. The molecule has 0 spiro atoms. The summed E-state index contributed by atoms with van der Waals surface area (Å²) >= 11 is 6.18. The Bertz CT molecular complexity index is 1010. The third-order valence-electron chi connectivity index (χ3n) is 4.20. The number of esters is 1. The molecule has 1 N–H and O–H groups in total. The van der Waals surface area contributed by atoms with E-state index in [2.05, 4.69) is 10.4 Å². The molecule has 0 bridgehead atoms. The summed E-state index contributed by atoms with van der Waals surface area (Å²) in [5, 5.41) is 7.53. The predicted octanol–water partition coefficient (Wildman–Crippen LogP) is 4.00. The summed E-state index contributed by atoms with van der Waals surface area (Å²) in [6.45, 7) is 3.80. The van der Waals surface area contributed by atoms with Crippen LogP contribution in [0.25, 0.3) is 0 Å². The van der Waals surface area contributed by atoms with Gasteiger partial charge in [0.25, 0.3) is 5.91 Å². The van der Waals surface area contributed by atoms with Crippen molar-refractivity contribution >= 4 is 29.3 Å². The van der Waals surface area contributed by atoms with Crippen molar-refractivity contribution in [1.29, 1.82) is 0 Å². The van der Waals surface area contributed by atoms with Crippen molar-refractivity contribution in [3.63, 3.8) is 0 Å². The van der Waals surface area contributed by atoms with Gasteiger partial charge < -0.3 is 10.1 Å². The van der Waals surface area contributed by atoms with Crippen molar-refractivity contribution in [2.45, 2.75) is 20.4 Å². The van der Waals surface area contributed by atoms with E-state index < -0.39 is 11.9 Å². The number of carbonyl (C=O) groups is 2. The fourth-order valence-electron chi connectivity index (χ4n) is 2.78. The number of ether oxygens (including phenoxy) is 1. The monoisotopic (exact) mass is 397 g/mol. The highest BCUT2D eigenvalue weighted by molar-refractivity contribution is 6.31. The lowest BCUT2D eigenvalue weighted by atomic mass is 10.1. The first kappa shape index (κ1) is 19.6. The van der Waals surface area contributed by atoms with Crippen LogP contribution in [-0.2, 0) is 16.1 Å². The molecular formula is C21H20ClN3O3. The highest BCUT2D eigenvalue weighted by Crippen LogP contribution is 2.18. The minimum atomic E-state index is -0.530. The van der Waals surface area contributed by atoms with Gasteiger partial charge in [-0.2, -0.15) is 5.10 Å². The lowest BCUT2D eigenvalue weighted by molar-refractivity contribution is -0.119. The van der Waals surface area contributed by atoms with Crippen LogP contribution in [0.4, 0.5) is 5.82 Å². The zero-order valence-corrected chi connectivity index (χ0v) is 16.4. The van der Waals surface area contributed by atoms with Crippen LogP contribution in [-0.4, -0.2) is 28.3 Å². The van der Waals surface area contributed by atoms with E-state index >= 15 is 0 Å². The van der Waals surface area contributed by atoms with Crippen molar-refractivity contribution in [3.8, 4) is 0 Å². The molecule has 0 radical (unpaired) electrons. The SMILES string of the molecule is Cc1ccc(C(=O)OCC(=O)Nc2ccnn2Cc2ccccc2Cl)c(C)c1. The molecule has 0 aliphatic carbocycles. The molecular weight excluding hydrogens is 378 g/mol. The summed E-state index contributed by atoms with van der Waals surface area (Å²) in [7, 11) is 0. The zero-order valence-electron chi connectivity index (χ0n) is 15.6. The molecule has 3 aromatic rings. The molecule has 0 unspecified atom stereocenters. The molecule has 1 amide bonds. The van der Waals surface area contributed by atoms with Crippen LogP contribution >= 0.6 is 11.6 Å². The van der Waals surface area contributed by atoms with Crippen molar-refractivity contribution in [2.24, 2.45) is 0 Å². The Morgan fingerprint density at radius 3 is 2.68 bits per heavy atom. The highest BCUT2D eigenvalue weighted by atomic mass is 35.5. The molecule has 1 heterocycles. The Hall–Kier alpha value is -3.12. The Labute approximate surface area is 168 Å². The molecule has 2 aromatic carbocycles. The average molecular weight is 398 g/mol. The van der Waals surface area contributed by atoms with Gasteiger partial charge in [-0.25, -0.2) is 9.48 Å². The molecule has 6 nitrogen and oxygen atoms in total. The number of hydrogen-bond donors (Lipinski definition) is 1. The average Bonchev–Trinajstić information content (AvgIpc) is 3.08. The van der Waals surface area contributed by atoms with Crippen LogP contribution in [0.2, 0.25) is 5.02 Å². The van der Waals surface area contributed by atoms with Crippen LogP contribution < -0.4 is 5.32 Å². The number of amides is 1. The van der Waals surface area contributed by atoms with Crippen LogP contribution in [0, 0.1) is 13.8 Å². The van der Waals surface area contributed by atoms with Gasteiger partial charge in [-0.1, -0.05) is 47.5 Å². The number of benzene rings is 2. The maximum absolute atomic E-state index is 12.2. The zero-order chi connectivity index (χ0) is 20.1. The van der Waals surface area contributed by atoms with Gasteiger partial charge in [-0.15, -0.1) is 0 Å². The van der Waals surface area contributed by atoms with E-state index in [4.69, 9.17) is 16.3 Å². The second-order valence-electron chi connectivity index (χ2n) is 6.41. The van der Waals surface area contributed by atoms with E-state index in [-0.39, 0.29) is 6.61 Å². The van der Waals surface area contributed by atoms with Gasteiger partial charge in [0, 0.05) is 11.1 Å². The second kappa shape index (κ2) is 8.71. The Kier molecular flexibility index (Phi) is 6.11. The molecule has 0 saturated carbocycles. The van der Waals surface area contributed by atoms with Gasteiger partial charge in [-0.3, -0.25) is 4.79 Å². The summed E-state index contributed by atoms with van der Waals surface area (Å²) in [4.78, 5) is 24.4. The van der Waals surface area contributed by atoms with Gasteiger partial charge in [0.05, 0.1) is 18.3 Å². The number of anilines is 1. The fourth-order valence-corrected chi connectivity index (χ4v) is 2.98. The summed E-state index contributed by atoms with van der Waals surface area (Å²) in [6, 6.07) is 14.5. The smallest absolute Gasteiger partial charge is 0.338 e. The van der Waals surface area contributed by atoms with E-state index in [0.29, 0.717) is 22.9 Å². The highest BCUT2D eigenvalue weighted by Gasteiger charge is 2.14. The molecule has 0 fully saturated rings. The quantitative estimate of drug-likeness (QED) is 0.638. The van der Waals surface area contributed by atoms with Crippen LogP contribution in [0.1, 0.15) is 27.0 Å². The predicted molar refractivity (Wildman–Crippen MR) is 108 cm³/mol. The van der Waals surface area contributed by atoms with E-state index in [1.807, 2.05) is 44.2 Å². The Morgan fingerprint density at radius 2 is 1.93 bits per heavy atom. The van der Waals surface area contributed by atoms with Gasteiger partial charge in [-0.05, 0) is 37.1 Å². The number of halogens is 1. The maximum atomic E-state index is 12.2. The molecule has 7 heteroatoms. The van der Waals surface area contributed by atoms with Crippen molar-refractivity contribution in [2.75, 3.05) is 11.9 Å². The summed E-state index contributed by atoms with van der Waals surface area (Å²) in [6.07, 6.45) is 1.58. The minimum absolute atomic E-state index is 0.385. The van der Waals surface area contributed by atoms with Crippen LogP contribution in [0.15, 0.2) is 54.7 Å². The first-order valence-electron chi connectivity index (χ1n) is 8.73. The third-order valence-corrected chi connectivity index (χ3v) is 4.57. The lowest BCUT2D eigenvalue weighted by Gasteiger charge is -2.11. The largest absolute Gasteiger partial charge is 0.452 e. The van der Waals surface area contributed by atoms with Gasteiger partial charge in [0.1, 0.15) is 5.82 Å². The third kappa shape index (κ3) is 4.78. The Balaban J connectivity index is 1.59. The van der Waals surface area contributed by atoms with Gasteiger partial charge in [0.15, 0.2) is 6.61 Å². The van der Waals surface area contributed by atoms with Crippen molar-refractivity contribution in [3.05, 3.63) is 82.0 Å². The van der Waals surface area contributed by atoms with E-state index in [1.54, 1.807) is 29.1 Å². The molecule has 144 valence electrons. The standard InChI is InChI=1S/C21H20ClN3O3/c1-14-7-8-17(15(2)11-14)21(27)28-13-20(26)24-19-9-10-23-25(19)12-16-5-3-4-6-18(16)22/h3-11H,12-13H2,1-2H3,(H,24,26). The minimum Gasteiger partial charge on any atom is -0.452 e. The molecule has 0 aliphatic heterocycles. The summed E-state index contributed by atoms with van der Waals surface area (Å²) in [5.41, 5.74) is 3.19. The van der Waals surface area contributed by atoms with Crippen LogP contribution in [0.5, 0.6) is 0 Å². The number of aryl methyl sites for hydroxylation is 2.